The Labute approximate surface area is 125 Å². The molecule has 0 saturated heterocycles. The molecule has 0 amide bonds. The molecule has 1 aromatic carbocycles. The van der Waals surface area contributed by atoms with Crippen LogP contribution in [0.4, 0.5) is 11.8 Å². The average Bonchev–Trinajstić information content (AvgIpc) is 2.51. The van der Waals surface area contributed by atoms with Gasteiger partial charge < -0.3 is 16.8 Å². The number of hydrogen-bond acceptors (Lipinski definition) is 5. The van der Waals surface area contributed by atoms with Gasteiger partial charge in [-0.1, -0.05) is 37.3 Å². The number of rotatable bonds is 7. The van der Waals surface area contributed by atoms with Crippen LogP contribution in [-0.4, -0.2) is 23.1 Å². The molecule has 5 heteroatoms. The second-order valence-electron chi connectivity index (χ2n) is 5.05. The molecule has 0 spiro atoms. The topological polar surface area (TPSA) is 89.8 Å². The van der Waals surface area contributed by atoms with Gasteiger partial charge in [0.2, 0.25) is 5.95 Å². The van der Waals surface area contributed by atoms with Gasteiger partial charge in [-0.25, -0.2) is 4.98 Å². The molecule has 0 fully saturated rings. The first-order valence-corrected chi connectivity index (χ1v) is 7.35. The van der Waals surface area contributed by atoms with Crippen LogP contribution in [-0.2, 0) is 6.42 Å². The van der Waals surface area contributed by atoms with Crippen LogP contribution in [0.15, 0.2) is 36.4 Å². The molecule has 5 N–H and O–H groups in total. The van der Waals surface area contributed by atoms with E-state index in [0.29, 0.717) is 25.0 Å². The van der Waals surface area contributed by atoms with Gasteiger partial charge in [0, 0.05) is 25.1 Å². The van der Waals surface area contributed by atoms with Gasteiger partial charge in [-0.15, -0.1) is 0 Å². The van der Waals surface area contributed by atoms with E-state index in [4.69, 9.17) is 11.5 Å². The minimum absolute atomic E-state index is 0.304. The highest BCUT2D eigenvalue weighted by Crippen LogP contribution is 2.24. The van der Waals surface area contributed by atoms with Gasteiger partial charge in [0.15, 0.2) is 0 Å². The number of anilines is 2. The highest BCUT2D eigenvalue weighted by molar-refractivity contribution is 5.41. The highest BCUT2D eigenvalue weighted by Gasteiger charge is 2.14. The largest absolute Gasteiger partial charge is 0.369 e. The van der Waals surface area contributed by atoms with Crippen molar-refractivity contribution < 1.29 is 0 Å². The van der Waals surface area contributed by atoms with E-state index in [1.165, 1.54) is 5.56 Å². The van der Waals surface area contributed by atoms with Crippen LogP contribution in [0.3, 0.4) is 0 Å². The Balaban J connectivity index is 2.19. The van der Waals surface area contributed by atoms with E-state index >= 15 is 0 Å². The molecule has 2 aromatic rings. The van der Waals surface area contributed by atoms with Crippen molar-refractivity contribution in [3.8, 4) is 0 Å². The summed E-state index contributed by atoms with van der Waals surface area (Å²) in [7, 11) is 0. The summed E-state index contributed by atoms with van der Waals surface area (Å²) in [5.41, 5.74) is 13.6. The smallest absolute Gasteiger partial charge is 0.222 e. The van der Waals surface area contributed by atoms with E-state index in [1.54, 1.807) is 0 Å². The number of nitrogen functional groups attached to an aromatic ring is 1. The van der Waals surface area contributed by atoms with Crippen molar-refractivity contribution in [2.75, 3.05) is 24.1 Å². The minimum Gasteiger partial charge on any atom is -0.369 e. The lowest BCUT2D eigenvalue weighted by atomic mass is 9.93. The summed E-state index contributed by atoms with van der Waals surface area (Å²) in [6.07, 6.45) is 1.95. The Morgan fingerprint density at radius 3 is 2.62 bits per heavy atom. The summed E-state index contributed by atoms with van der Waals surface area (Å²) in [5, 5.41) is 3.16. The number of nitrogens with two attached hydrogens (primary N) is 2. The number of hydrogen-bond donors (Lipinski definition) is 3. The predicted octanol–water partition coefficient (Wildman–Crippen LogP) is 2.17. The van der Waals surface area contributed by atoms with Crippen molar-refractivity contribution in [2.45, 2.75) is 25.7 Å². The monoisotopic (exact) mass is 285 g/mol. The maximum atomic E-state index is 5.82. The molecule has 1 heterocycles. The van der Waals surface area contributed by atoms with Crippen molar-refractivity contribution in [1.82, 2.24) is 9.97 Å². The minimum atomic E-state index is 0.304. The fourth-order valence-electron chi connectivity index (χ4n) is 2.34. The van der Waals surface area contributed by atoms with E-state index in [1.807, 2.05) is 12.1 Å². The van der Waals surface area contributed by atoms with Crippen molar-refractivity contribution in [1.29, 1.82) is 0 Å². The molecule has 0 saturated carbocycles. The number of nitrogens with zero attached hydrogens (tertiary/aromatic N) is 2. The maximum absolute atomic E-state index is 5.82. The summed E-state index contributed by atoms with van der Waals surface area (Å²) >= 11 is 0. The van der Waals surface area contributed by atoms with Crippen molar-refractivity contribution in [3.63, 3.8) is 0 Å². The van der Waals surface area contributed by atoms with Crippen LogP contribution in [0.25, 0.3) is 0 Å². The number of benzene rings is 1. The maximum Gasteiger partial charge on any atom is 0.222 e. The fraction of sp³-hybridized carbons (Fsp3) is 0.375. The summed E-state index contributed by atoms with van der Waals surface area (Å²) < 4.78 is 0. The fourth-order valence-corrected chi connectivity index (χ4v) is 2.34. The van der Waals surface area contributed by atoms with E-state index in [9.17, 15) is 0 Å². The number of aromatic nitrogens is 2. The van der Waals surface area contributed by atoms with Crippen LogP contribution in [0, 0.1) is 0 Å². The zero-order chi connectivity index (χ0) is 15.1. The third kappa shape index (κ3) is 4.43. The standard InChI is InChI=1S/C16H23N5/c1-2-13(10-12-6-4-3-5-7-12)14-11-15(19-9-8-17)21-16(18)20-14/h3-7,11,13H,2,8-10,17H2,1H3,(H3,18,19,20,21). The van der Waals surface area contributed by atoms with Crippen LogP contribution in [0.5, 0.6) is 0 Å². The van der Waals surface area contributed by atoms with Crippen LogP contribution in [0.2, 0.25) is 0 Å². The quantitative estimate of drug-likeness (QED) is 0.725. The summed E-state index contributed by atoms with van der Waals surface area (Å²) in [5.74, 6) is 1.38. The molecule has 0 radical (unpaired) electrons. The highest BCUT2D eigenvalue weighted by atomic mass is 15.1. The zero-order valence-corrected chi connectivity index (χ0v) is 12.4. The second kappa shape index (κ2) is 7.59. The molecule has 1 atom stereocenters. The molecule has 21 heavy (non-hydrogen) atoms. The Morgan fingerprint density at radius 1 is 1.19 bits per heavy atom. The molecule has 2 rings (SSSR count). The molecule has 0 bridgehead atoms. The second-order valence-corrected chi connectivity index (χ2v) is 5.05. The Bertz CT molecular complexity index is 556. The van der Waals surface area contributed by atoms with Gasteiger partial charge in [-0.05, 0) is 18.4 Å². The first-order chi connectivity index (χ1) is 10.2. The Morgan fingerprint density at radius 2 is 1.95 bits per heavy atom. The van der Waals surface area contributed by atoms with Crippen LogP contribution >= 0.6 is 0 Å². The molecular weight excluding hydrogens is 262 g/mol. The summed E-state index contributed by atoms with van der Waals surface area (Å²) in [6.45, 7) is 3.39. The van der Waals surface area contributed by atoms with Gasteiger partial charge in [0.1, 0.15) is 5.82 Å². The van der Waals surface area contributed by atoms with E-state index < -0.39 is 0 Å². The van der Waals surface area contributed by atoms with E-state index in [-0.39, 0.29) is 0 Å². The molecule has 5 nitrogen and oxygen atoms in total. The molecule has 1 aromatic heterocycles. The molecule has 0 aliphatic rings. The van der Waals surface area contributed by atoms with Crippen molar-refractivity contribution >= 4 is 11.8 Å². The normalized spacial score (nSPS) is 12.1. The van der Waals surface area contributed by atoms with Gasteiger partial charge >= 0.3 is 0 Å². The molecule has 1 unspecified atom stereocenters. The van der Waals surface area contributed by atoms with Gasteiger partial charge in [-0.2, -0.15) is 4.98 Å². The third-order valence-electron chi connectivity index (χ3n) is 3.45. The van der Waals surface area contributed by atoms with Gasteiger partial charge in [0.25, 0.3) is 0 Å². The molecule has 0 aliphatic heterocycles. The first kappa shape index (κ1) is 15.3. The molecular formula is C16H23N5. The zero-order valence-electron chi connectivity index (χ0n) is 12.4. The van der Waals surface area contributed by atoms with Gasteiger partial charge in [-0.3, -0.25) is 0 Å². The van der Waals surface area contributed by atoms with E-state index in [2.05, 4.69) is 46.5 Å². The van der Waals surface area contributed by atoms with Gasteiger partial charge in [0.05, 0.1) is 5.69 Å². The lowest BCUT2D eigenvalue weighted by Gasteiger charge is -2.16. The first-order valence-electron chi connectivity index (χ1n) is 7.35. The Kier molecular flexibility index (Phi) is 5.51. The predicted molar refractivity (Wildman–Crippen MR) is 87.2 cm³/mol. The van der Waals surface area contributed by atoms with Crippen molar-refractivity contribution in [2.24, 2.45) is 5.73 Å². The third-order valence-corrected chi connectivity index (χ3v) is 3.45. The summed E-state index contributed by atoms with van der Waals surface area (Å²) in [6, 6.07) is 12.4. The van der Waals surface area contributed by atoms with Crippen LogP contribution < -0.4 is 16.8 Å². The molecule has 112 valence electrons. The SMILES string of the molecule is CCC(Cc1ccccc1)c1cc(NCCN)nc(N)n1. The number of nitrogens with one attached hydrogen (secondary N) is 1. The summed E-state index contributed by atoms with van der Waals surface area (Å²) in [4.78, 5) is 8.60. The lowest BCUT2D eigenvalue weighted by molar-refractivity contribution is 0.639. The average molecular weight is 285 g/mol. The van der Waals surface area contributed by atoms with Crippen LogP contribution in [0.1, 0.15) is 30.5 Å². The molecule has 0 aliphatic carbocycles. The van der Waals surface area contributed by atoms with Crippen molar-refractivity contribution in [3.05, 3.63) is 47.7 Å². The Hall–Kier alpha value is -2.14. The van der Waals surface area contributed by atoms with E-state index in [0.717, 1.165) is 24.4 Å². The lowest BCUT2D eigenvalue weighted by Crippen LogP contribution is -2.15.